The highest BCUT2D eigenvalue weighted by Gasteiger charge is 2.09. The van der Waals surface area contributed by atoms with Crippen molar-refractivity contribution in [3.8, 4) is 0 Å². The molecular formula is C12H10BrN3O. The molecule has 86 valence electrons. The molecule has 0 saturated heterocycles. The molecule has 0 saturated carbocycles. The van der Waals surface area contributed by atoms with E-state index in [1.54, 1.807) is 6.20 Å². The van der Waals surface area contributed by atoms with E-state index >= 15 is 0 Å². The zero-order chi connectivity index (χ0) is 12.3. The molecule has 0 aliphatic heterocycles. The Kier molecular flexibility index (Phi) is 3.49. The lowest BCUT2D eigenvalue weighted by molar-refractivity contribution is 0.102. The molecule has 4 nitrogen and oxygen atoms in total. The number of nitrogens with zero attached hydrogens (tertiary/aromatic N) is 2. The van der Waals surface area contributed by atoms with E-state index in [9.17, 15) is 4.79 Å². The summed E-state index contributed by atoms with van der Waals surface area (Å²) in [6.45, 7) is 1.82. The van der Waals surface area contributed by atoms with Crippen molar-refractivity contribution in [1.82, 2.24) is 9.97 Å². The number of hydrogen-bond donors (Lipinski definition) is 1. The van der Waals surface area contributed by atoms with E-state index in [0.29, 0.717) is 11.4 Å². The number of anilines is 1. The highest BCUT2D eigenvalue weighted by atomic mass is 79.9. The fourth-order valence-corrected chi connectivity index (χ4v) is 1.64. The van der Waals surface area contributed by atoms with Crippen LogP contribution in [0.3, 0.4) is 0 Å². The lowest BCUT2D eigenvalue weighted by Gasteiger charge is -2.06. The van der Waals surface area contributed by atoms with Crippen LogP contribution in [-0.2, 0) is 0 Å². The van der Waals surface area contributed by atoms with E-state index in [1.165, 1.54) is 6.20 Å². The van der Waals surface area contributed by atoms with Gasteiger partial charge in [-0.1, -0.05) is 12.1 Å². The number of nitrogens with one attached hydrogen (secondary N) is 1. The number of aromatic nitrogens is 2. The third-order valence-corrected chi connectivity index (χ3v) is 2.83. The molecule has 2 aromatic rings. The number of aryl methyl sites for hydroxylation is 1. The second kappa shape index (κ2) is 5.05. The minimum atomic E-state index is -0.274. The smallest absolute Gasteiger partial charge is 0.275 e. The van der Waals surface area contributed by atoms with Gasteiger partial charge >= 0.3 is 0 Å². The Bertz CT molecular complexity index is 540. The number of carbonyl (C=O) groups excluding carboxylic acids is 1. The van der Waals surface area contributed by atoms with Crippen molar-refractivity contribution >= 4 is 27.5 Å². The first kappa shape index (κ1) is 11.7. The third-order valence-electron chi connectivity index (χ3n) is 2.14. The van der Waals surface area contributed by atoms with Crippen molar-refractivity contribution in [2.75, 3.05) is 5.32 Å². The summed E-state index contributed by atoms with van der Waals surface area (Å²) in [5.74, 6) is -0.274. The van der Waals surface area contributed by atoms with Crippen LogP contribution in [-0.4, -0.2) is 15.9 Å². The van der Waals surface area contributed by atoms with Crippen molar-refractivity contribution in [1.29, 1.82) is 0 Å². The zero-order valence-corrected chi connectivity index (χ0v) is 10.7. The fourth-order valence-electron chi connectivity index (χ4n) is 1.26. The van der Waals surface area contributed by atoms with Crippen LogP contribution in [0.15, 0.2) is 41.1 Å². The van der Waals surface area contributed by atoms with E-state index < -0.39 is 0 Å². The highest BCUT2D eigenvalue weighted by Crippen LogP contribution is 2.21. The number of carbonyl (C=O) groups is 1. The van der Waals surface area contributed by atoms with Gasteiger partial charge in [0.25, 0.3) is 5.91 Å². The van der Waals surface area contributed by atoms with E-state index in [2.05, 4.69) is 31.2 Å². The van der Waals surface area contributed by atoms with Crippen LogP contribution in [0, 0.1) is 6.92 Å². The van der Waals surface area contributed by atoms with Crippen LogP contribution in [0.5, 0.6) is 0 Å². The van der Waals surface area contributed by atoms with Gasteiger partial charge in [0.05, 0.1) is 17.6 Å². The molecule has 0 atom stereocenters. The van der Waals surface area contributed by atoms with Gasteiger partial charge in [-0.2, -0.15) is 0 Å². The Morgan fingerprint density at radius 3 is 2.65 bits per heavy atom. The lowest BCUT2D eigenvalue weighted by atomic mass is 10.3. The van der Waals surface area contributed by atoms with Crippen molar-refractivity contribution < 1.29 is 4.79 Å². The van der Waals surface area contributed by atoms with Crippen molar-refractivity contribution in [3.63, 3.8) is 0 Å². The summed E-state index contributed by atoms with van der Waals surface area (Å²) < 4.78 is 0.827. The van der Waals surface area contributed by atoms with E-state index in [-0.39, 0.29) is 5.91 Å². The van der Waals surface area contributed by atoms with Crippen LogP contribution >= 0.6 is 15.9 Å². The van der Waals surface area contributed by atoms with Crippen molar-refractivity contribution in [2.45, 2.75) is 6.92 Å². The molecular weight excluding hydrogens is 282 g/mol. The number of halogens is 1. The first-order valence-corrected chi connectivity index (χ1v) is 5.80. The van der Waals surface area contributed by atoms with Gasteiger partial charge in [0.1, 0.15) is 5.69 Å². The number of rotatable bonds is 2. The standard InChI is InChI=1S/C12H10BrN3O/c1-8-6-15-11(7-14-8)12(17)16-10-5-3-2-4-9(10)13/h2-7H,1H3,(H,16,17). The molecule has 1 aromatic heterocycles. The molecule has 1 amide bonds. The van der Waals surface area contributed by atoms with Gasteiger partial charge in [-0.15, -0.1) is 0 Å². The largest absolute Gasteiger partial charge is 0.320 e. The Morgan fingerprint density at radius 2 is 2.00 bits per heavy atom. The van der Waals surface area contributed by atoms with Crippen LogP contribution in [0.2, 0.25) is 0 Å². The second-order valence-electron chi connectivity index (χ2n) is 3.48. The molecule has 1 N–H and O–H groups in total. The topological polar surface area (TPSA) is 54.9 Å². The van der Waals surface area contributed by atoms with Crippen LogP contribution in [0.25, 0.3) is 0 Å². The first-order chi connectivity index (χ1) is 8.16. The third kappa shape index (κ3) is 2.88. The fraction of sp³-hybridized carbons (Fsp3) is 0.0833. The molecule has 0 unspecified atom stereocenters. The monoisotopic (exact) mass is 291 g/mol. The summed E-state index contributed by atoms with van der Waals surface area (Å²) in [5.41, 5.74) is 1.79. The molecule has 0 aliphatic rings. The minimum absolute atomic E-state index is 0.274. The zero-order valence-electron chi connectivity index (χ0n) is 9.14. The van der Waals surface area contributed by atoms with Crippen molar-refractivity contribution in [3.05, 3.63) is 52.5 Å². The molecule has 1 aromatic carbocycles. The second-order valence-corrected chi connectivity index (χ2v) is 4.33. The molecule has 17 heavy (non-hydrogen) atoms. The van der Waals surface area contributed by atoms with Gasteiger partial charge in [-0.3, -0.25) is 9.78 Å². The summed E-state index contributed by atoms with van der Waals surface area (Å²) in [5, 5.41) is 2.76. The minimum Gasteiger partial charge on any atom is -0.320 e. The van der Waals surface area contributed by atoms with Gasteiger partial charge in [-0.05, 0) is 35.0 Å². The molecule has 0 spiro atoms. The Morgan fingerprint density at radius 1 is 1.24 bits per heavy atom. The van der Waals surface area contributed by atoms with Crippen LogP contribution in [0.4, 0.5) is 5.69 Å². The molecule has 0 aliphatic carbocycles. The quantitative estimate of drug-likeness (QED) is 0.926. The molecule has 0 radical (unpaired) electrons. The summed E-state index contributed by atoms with van der Waals surface area (Å²) in [6, 6.07) is 7.40. The predicted octanol–water partition coefficient (Wildman–Crippen LogP) is 2.80. The highest BCUT2D eigenvalue weighted by molar-refractivity contribution is 9.10. The van der Waals surface area contributed by atoms with E-state index in [1.807, 2.05) is 31.2 Å². The average molecular weight is 292 g/mol. The Balaban J connectivity index is 2.17. The molecule has 1 heterocycles. The maximum absolute atomic E-state index is 11.8. The number of para-hydroxylation sites is 1. The summed E-state index contributed by atoms with van der Waals surface area (Å²) in [4.78, 5) is 19.9. The maximum atomic E-state index is 11.8. The molecule has 2 rings (SSSR count). The number of amides is 1. The van der Waals surface area contributed by atoms with Crippen LogP contribution < -0.4 is 5.32 Å². The summed E-state index contributed by atoms with van der Waals surface area (Å²) >= 11 is 3.36. The van der Waals surface area contributed by atoms with Gasteiger partial charge in [-0.25, -0.2) is 4.98 Å². The van der Waals surface area contributed by atoms with Gasteiger partial charge in [0.15, 0.2) is 0 Å². The van der Waals surface area contributed by atoms with Gasteiger partial charge < -0.3 is 5.32 Å². The Labute approximate surface area is 107 Å². The molecule has 0 bridgehead atoms. The normalized spacial score (nSPS) is 10.0. The van der Waals surface area contributed by atoms with Gasteiger partial charge in [0.2, 0.25) is 0 Å². The van der Waals surface area contributed by atoms with Gasteiger partial charge in [0, 0.05) is 10.7 Å². The summed E-state index contributed by atoms with van der Waals surface area (Å²) in [7, 11) is 0. The number of hydrogen-bond acceptors (Lipinski definition) is 3. The maximum Gasteiger partial charge on any atom is 0.275 e. The SMILES string of the molecule is Cc1cnc(C(=O)Nc2ccccc2Br)cn1. The lowest BCUT2D eigenvalue weighted by Crippen LogP contribution is -2.14. The Hall–Kier alpha value is -1.75. The average Bonchev–Trinajstić information content (AvgIpc) is 2.33. The first-order valence-electron chi connectivity index (χ1n) is 5.01. The van der Waals surface area contributed by atoms with Crippen molar-refractivity contribution in [2.24, 2.45) is 0 Å². The van der Waals surface area contributed by atoms with Crippen LogP contribution in [0.1, 0.15) is 16.2 Å². The van der Waals surface area contributed by atoms with E-state index in [0.717, 1.165) is 10.2 Å². The summed E-state index contributed by atoms with van der Waals surface area (Å²) in [6.07, 6.45) is 3.02. The number of benzene rings is 1. The molecule has 0 fully saturated rings. The van der Waals surface area contributed by atoms with E-state index in [4.69, 9.17) is 0 Å². The predicted molar refractivity (Wildman–Crippen MR) is 68.9 cm³/mol. The molecule has 5 heteroatoms.